The lowest BCUT2D eigenvalue weighted by Crippen LogP contribution is -2.26. The predicted octanol–water partition coefficient (Wildman–Crippen LogP) is 1.57. The fourth-order valence-electron chi connectivity index (χ4n) is 1.89. The van der Waals surface area contributed by atoms with E-state index < -0.39 is 0 Å². The Labute approximate surface area is 82.7 Å². The van der Waals surface area contributed by atoms with Gasteiger partial charge in [0.05, 0.1) is 0 Å². The van der Waals surface area contributed by atoms with E-state index in [0.29, 0.717) is 0 Å². The van der Waals surface area contributed by atoms with Gasteiger partial charge in [0.25, 0.3) is 0 Å². The van der Waals surface area contributed by atoms with Crippen molar-refractivity contribution in [1.29, 1.82) is 0 Å². The first kappa shape index (κ1) is 11.0. The molecule has 1 unspecified atom stereocenters. The van der Waals surface area contributed by atoms with E-state index >= 15 is 0 Å². The molecule has 1 rings (SSSR count). The second kappa shape index (κ2) is 5.61. The Morgan fingerprint density at radius 1 is 1.46 bits per heavy atom. The zero-order chi connectivity index (χ0) is 9.68. The number of rotatable bonds is 5. The Hall–Kier alpha value is -0.0800. The Morgan fingerprint density at radius 2 is 2.23 bits per heavy atom. The zero-order valence-electron chi connectivity index (χ0n) is 9.34. The highest BCUT2D eigenvalue weighted by atomic mass is 15.1. The Morgan fingerprint density at radius 3 is 2.77 bits per heavy atom. The molecule has 0 spiro atoms. The lowest BCUT2D eigenvalue weighted by atomic mass is 10.1. The van der Waals surface area contributed by atoms with Crippen molar-refractivity contribution in [3.8, 4) is 0 Å². The molecule has 2 heteroatoms. The Balaban J connectivity index is 1.94. The highest BCUT2D eigenvalue weighted by Gasteiger charge is 2.18. The van der Waals surface area contributed by atoms with Crippen LogP contribution in [-0.2, 0) is 0 Å². The molecular formula is C11H24N2. The summed E-state index contributed by atoms with van der Waals surface area (Å²) in [5.74, 6) is 1.73. The summed E-state index contributed by atoms with van der Waals surface area (Å²) in [5.41, 5.74) is 0. The van der Waals surface area contributed by atoms with Gasteiger partial charge in [0.15, 0.2) is 0 Å². The summed E-state index contributed by atoms with van der Waals surface area (Å²) in [7, 11) is 2.22. The normalized spacial score (nSPS) is 24.5. The smallest absolute Gasteiger partial charge is 0.00192 e. The standard InChI is InChI=1S/C11H24N2/c1-10(2)4-6-12-8-11-5-7-13(3)9-11/h10-12H,4-9H2,1-3H3. The van der Waals surface area contributed by atoms with Crippen molar-refractivity contribution < 1.29 is 0 Å². The molecule has 1 aliphatic heterocycles. The second-order valence-electron chi connectivity index (χ2n) is 4.80. The molecule has 1 saturated heterocycles. The molecule has 1 aliphatic rings. The molecule has 1 fully saturated rings. The number of hydrogen-bond donors (Lipinski definition) is 1. The summed E-state index contributed by atoms with van der Waals surface area (Å²) in [6, 6.07) is 0. The molecule has 1 N–H and O–H groups in total. The molecule has 13 heavy (non-hydrogen) atoms. The van der Waals surface area contributed by atoms with Crippen molar-refractivity contribution >= 4 is 0 Å². The van der Waals surface area contributed by atoms with E-state index in [1.54, 1.807) is 0 Å². The molecule has 0 aromatic rings. The summed E-state index contributed by atoms with van der Waals surface area (Å²) in [5, 5.41) is 3.55. The van der Waals surface area contributed by atoms with Crippen molar-refractivity contribution in [2.24, 2.45) is 11.8 Å². The average Bonchev–Trinajstić information content (AvgIpc) is 2.45. The van der Waals surface area contributed by atoms with Gasteiger partial charge in [-0.1, -0.05) is 13.8 Å². The number of nitrogens with zero attached hydrogens (tertiary/aromatic N) is 1. The van der Waals surface area contributed by atoms with Crippen LogP contribution in [0.1, 0.15) is 26.7 Å². The van der Waals surface area contributed by atoms with Gasteiger partial charge >= 0.3 is 0 Å². The molecule has 1 heterocycles. The highest BCUT2D eigenvalue weighted by Crippen LogP contribution is 2.12. The van der Waals surface area contributed by atoms with Crippen molar-refractivity contribution in [2.45, 2.75) is 26.7 Å². The fourth-order valence-corrected chi connectivity index (χ4v) is 1.89. The molecule has 0 aromatic carbocycles. The van der Waals surface area contributed by atoms with Crippen LogP contribution in [0.4, 0.5) is 0 Å². The van der Waals surface area contributed by atoms with Gasteiger partial charge in [-0.25, -0.2) is 0 Å². The maximum Gasteiger partial charge on any atom is 0.00192 e. The van der Waals surface area contributed by atoms with Crippen LogP contribution in [0.3, 0.4) is 0 Å². The van der Waals surface area contributed by atoms with Crippen LogP contribution in [0.5, 0.6) is 0 Å². The monoisotopic (exact) mass is 184 g/mol. The number of likely N-dealkylation sites (tertiary alicyclic amines) is 1. The minimum atomic E-state index is 0.832. The van der Waals surface area contributed by atoms with E-state index in [0.717, 1.165) is 11.8 Å². The third-order valence-corrected chi connectivity index (χ3v) is 2.82. The predicted molar refractivity (Wildman–Crippen MR) is 57.9 cm³/mol. The summed E-state index contributed by atoms with van der Waals surface area (Å²) >= 11 is 0. The lowest BCUT2D eigenvalue weighted by molar-refractivity contribution is 0.386. The molecule has 1 atom stereocenters. The van der Waals surface area contributed by atoms with E-state index in [-0.39, 0.29) is 0 Å². The Bertz CT molecular complexity index is 134. The van der Waals surface area contributed by atoms with Gasteiger partial charge in [-0.2, -0.15) is 0 Å². The van der Waals surface area contributed by atoms with E-state index in [1.165, 1.54) is 39.0 Å². The van der Waals surface area contributed by atoms with Gasteiger partial charge in [0.1, 0.15) is 0 Å². The van der Waals surface area contributed by atoms with E-state index in [9.17, 15) is 0 Å². The summed E-state index contributed by atoms with van der Waals surface area (Å²) in [4.78, 5) is 2.43. The van der Waals surface area contributed by atoms with E-state index in [4.69, 9.17) is 0 Å². The highest BCUT2D eigenvalue weighted by molar-refractivity contribution is 4.74. The van der Waals surface area contributed by atoms with Crippen molar-refractivity contribution in [2.75, 3.05) is 33.2 Å². The molecular weight excluding hydrogens is 160 g/mol. The van der Waals surface area contributed by atoms with Gasteiger partial charge < -0.3 is 10.2 Å². The summed E-state index contributed by atoms with van der Waals surface area (Å²) in [6.45, 7) is 9.55. The molecule has 0 amide bonds. The maximum atomic E-state index is 3.55. The fraction of sp³-hybridized carbons (Fsp3) is 1.00. The van der Waals surface area contributed by atoms with Gasteiger partial charge in [-0.05, 0) is 51.4 Å². The van der Waals surface area contributed by atoms with Gasteiger partial charge in [0.2, 0.25) is 0 Å². The van der Waals surface area contributed by atoms with Crippen LogP contribution in [0.15, 0.2) is 0 Å². The number of hydrogen-bond acceptors (Lipinski definition) is 2. The van der Waals surface area contributed by atoms with Crippen molar-refractivity contribution in [3.63, 3.8) is 0 Å². The first-order valence-corrected chi connectivity index (χ1v) is 5.57. The molecule has 2 nitrogen and oxygen atoms in total. The summed E-state index contributed by atoms with van der Waals surface area (Å²) in [6.07, 6.45) is 2.69. The van der Waals surface area contributed by atoms with Crippen LogP contribution < -0.4 is 5.32 Å². The average molecular weight is 184 g/mol. The topological polar surface area (TPSA) is 15.3 Å². The van der Waals surface area contributed by atoms with Gasteiger partial charge in [-0.3, -0.25) is 0 Å². The quantitative estimate of drug-likeness (QED) is 0.653. The van der Waals surface area contributed by atoms with Crippen LogP contribution in [0.2, 0.25) is 0 Å². The molecule has 0 saturated carbocycles. The molecule has 0 bridgehead atoms. The third kappa shape index (κ3) is 4.63. The van der Waals surface area contributed by atoms with Crippen molar-refractivity contribution in [3.05, 3.63) is 0 Å². The minimum absolute atomic E-state index is 0.832. The maximum absolute atomic E-state index is 3.55. The van der Waals surface area contributed by atoms with Crippen LogP contribution >= 0.6 is 0 Å². The first-order chi connectivity index (χ1) is 6.18. The van der Waals surface area contributed by atoms with Gasteiger partial charge in [0, 0.05) is 6.54 Å². The first-order valence-electron chi connectivity index (χ1n) is 5.57. The molecule has 0 aliphatic carbocycles. The van der Waals surface area contributed by atoms with Crippen LogP contribution in [0, 0.1) is 11.8 Å². The summed E-state index contributed by atoms with van der Waals surface area (Å²) < 4.78 is 0. The number of nitrogens with one attached hydrogen (secondary N) is 1. The van der Waals surface area contributed by atoms with E-state index in [1.807, 2.05) is 0 Å². The zero-order valence-corrected chi connectivity index (χ0v) is 9.34. The lowest BCUT2D eigenvalue weighted by Gasteiger charge is -2.12. The molecule has 0 radical (unpaired) electrons. The van der Waals surface area contributed by atoms with Crippen LogP contribution in [0.25, 0.3) is 0 Å². The second-order valence-corrected chi connectivity index (χ2v) is 4.80. The third-order valence-electron chi connectivity index (χ3n) is 2.82. The minimum Gasteiger partial charge on any atom is -0.316 e. The van der Waals surface area contributed by atoms with E-state index in [2.05, 4.69) is 31.1 Å². The Kier molecular flexibility index (Phi) is 4.74. The molecule has 0 aromatic heterocycles. The largest absolute Gasteiger partial charge is 0.316 e. The molecule has 78 valence electrons. The van der Waals surface area contributed by atoms with Gasteiger partial charge in [-0.15, -0.1) is 0 Å². The SMILES string of the molecule is CC(C)CCNCC1CCN(C)C1. The van der Waals surface area contributed by atoms with Crippen molar-refractivity contribution in [1.82, 2.24) is 10.2 Å². The van der Waals surface area contributed by atoms with Crippen LogP contribution in [-0.4, -0.2) is 38.1 Å².